The summed E-state index contributed by atoms with van der Waals surface area (Å²) in [6, 6.07) is 21.4. The third-order valence-corrected chi connectivity index (χ3v) is 6.77. The summed E-state index contributed by atoms with van der Waals surface area (Å²) in [5.41, 5.74) is 4.77. The van der Waals surface area contributed by atoms with Gasteiger partial charge in [-0.1, -0.05) is 47.5 Å². The zero-order valence-electron chi connectivity index (χ0n) is 22.0. The second-order valence-corrected chi connectivity index (χ2v) is 9.75. The van der Waals surface area contributed by atoms with Gasteiger partial charge in [-0.25, -0.2) is 0 Å². The maximum Gasteiger partial charge on any atom is 0.310 e. The number of benzene rings is 3. The molecule has 0 aromatic heterocycles. The van der Waals surface area contributed by atoms with E-state index in [0.29, 0.717) is 42.9 Å². The van der Waals surface area contributed by atoms with E-state index >= 15 is 0 Å². The predicted molar refractivity (Wildman–Crippen MR) is 143 cm³/mol. The maximum atomic E-state index is 13.6. The summed E-state index contributed by atoms with van der Waals surface area (Å²) >= 11 is 0. The van der Waals surface area contributed by atoms with Gasteiger partial charge in [0, 0.05) is 37.1 Å². The summed E-state index contributed by atoms with van der Waals surface area (Å²) in [6.45, 7) is 4.55. The van der Waals surface area contributed by atoms with Crippen molar-refractivity contribution in [2.24, 2.45) is 0 Å². The van der Waals surface area contributed by atoms with Crippen LogP contribution in [0.15, 0.2) is 66.7 Å². The number of hydrogen-bond donors (Lipinski definition) is 0. The number of ether oxygens (including phenoxy) is 3. The molecule has 1 fully saturated rings. The Hall–Kier alpha value is -3.80. The summed E-state index contributed by atoms with van der Waals surface area (Å²) in [5.74, 6) is 0.986. The van der Waals surface area contributed by atoms with Crippen molar-refractivity contribution >= 4 is 11.9 Å². The largest absolute Gasteiger partial charge is 0.497 e. The molecule has 2 atom stereocenters. The van der Waals surface area contributed by atoms with Crippen LogP contribution in [0.4, 0.5) is 0 Å². The first kappa shape index (κ1) is 26.3. The molecule has 3 aromatic carbocycles. The highest BCUT2D eigenvalue weighted by Crippen LogP contribution is 2.27. The van der Waals surface area contributed by atoms with Gasteiger partial charge in [-0.15, -0.1) is 0 Å². The minimum Gasteiger partial charge on any atom is -0.497 e. The lowest BCUT2D eigenvalue weighted by Crippen LogP contribution is -2.49. The van der Waals surface area contributed by atoms with Gasteiger partial charge in [0.25, 0.3) is 5.91 Å². The van der Waals surface area contributed by atoms with Crippen molar-refractivity contribution in [3.05, 3.63) is 94.5 Å². The molecule has 0 radical (unpaired) electrons. The van der Waals surface area contributed by atoms with E-state index in [-0.39, 0.29) is 30.4 Å². The summed E-state index contributed by atoms with van der Waals surface area (Å²) < 4.78 is 16.6. The number of aryl methyl sites for hydroxylation is 2. The topological polar surface area (TPSA) is 65.1 Å². The van der Waals surface area contributed by atoms with Gasteiger partial charge in [-0.05, 0) is 55.7 Å². The van der Waals surface area contributed by atoms with E-state index in [1.54, 1.807) is 20.3 Å². The van der Waals surface area contributed by atoms with Crippen molar-refractivity contribution in [3.8, 4) is 11.5 Å². The first-order valence-corrected chi connectivity index (χ1v) is 12.7. The lowest BCUT2D eigenvalue weighted by Gasteiger charge is -2.39. The lowest BCUT2D eigenvalue weighted by molar-refractivity contribution is -0.150. The summed E-state index contributed by atoms with van der Waals surface area (Å²) in [4.78, 5) is 28.4. The van der Waals surface area contributed by atoms with E-state index in [1.807, 2.05) is 61.2 Å². The molecule has 1 saturated heterocycles. The molecule has 6 nitrogen and oxygen atoms in total. The minimum absolute atomic E-state index is 0.0287. The number of hydrogen-bond acceptors (Lipinski definition) is 5. The quantitative estimate of drug-likeness (QED) is 0.391. The number of nitrogens with zero attached hydrogens (tertiary/aromatic N) is 1. The Bertz CT molecular complexity index is 1200. The second-order valence-electron chi connectivity index (χ2n) is 9.75. The van der Waals surface area contributed by atoms with E-state index in [2.05, 4.69) is 18.2 Å². The van der Waals surface area contributed by atoms with Crippen molar-refractivity contribution in [2.45, 2.75) is 51.7 Å². The van der Waals surface area contributed by atoms with E-state index in [0.717, 1.165) is 22.3 Å². The zero-order valence-corrected chi connectivity index (χ0v) is 22.0. The molecule has 1 aliphatic rings. The average Bonchev–Trinajstić information content (AvgIpc) is 2.88. The number of likely N-dealkylation sites (tertiary alicyclic amines) is 1. The van der Waals surface area contributed by atoms with Crippen molar-refractivity contribution in [1.29, 1.82) is 0 Å². The van der Waals surface area contributed by atoms with Crippen LogP contribution in [-0.4, -0.2) is 49.7 Å². The van der Waals surface area contributed by atoms with Crippen LogP contribution in [0.2, 0.25) is 0 Å². The van der Waals surface area contributed by atoms with Crippen LogP contribution in [-0.2, 0) is 22.4 Å². The van der Waals surface area contributed by atoms with E-state index in [9.17, 15) is 9.59 Å². The molecule has 194 valence electrons. The normalized spacial score (nSPS) is 17.2. The van der Waals surface area contributed by atoms with Crippen molar-refractivity contribution in [2.75, 3.05) is 20.8 Å². The van der Waals surface area contributed by atoms with Gasteiger partial charge in [0.15, 0.2) is 0 Å². The monoisotopic (exact) mass is 501 g/mol. The third-order valence-electron chi connectivity index (χ3n) is 6.77. The fraction of sp³-hybridized carbons (Fsp3) is 0.355. The number of esters is 1. The minimum atomic E-state index is -0.298. The molecular weight excluding hydrogens is 466 g/mol. The fourth-order valence-electron chi connectivity index (χ4n) is 5.09. The van der Waals surface area contributed by atoms with Gasteiger partial charge >= 0.3 is 5.97 Å². The molecule has 0 unspecified atom stereocenters. The van der Waals surface area contributed by atoms with E-state index in [4.69, 9.17) is 14.2 Å². The van der Waals surface area contributed by atoms with Crippen molar-refractivity contribution < 1.29 is 23.8 Å². The molecule has 0 saturated carbocycles. The molecule has 3 aromatic rings. The summed E-state index contributed by atoms with van der Waals surface area (Å²) in [5, 5.41) is 0. The van der Waals surface area contributed by atoms with Crippen LogP contribution in [0.5, 0.6) is 11.5 Å². The second kappa shape index (κ2) is 12.0. The van der Waals surface area contributed by atoms with E-state index in [1.165, 1.54) is 0 Å². The third kappa shape index (κ3) is 6.91. The van der Waals surface area contributed by atoms with Gasteiger partial charge in [-0.2, -0.15) is 0 Å². The first-order valence-electron chi connectivity index (χ1n) is 12.7. The summed E-state index contributed by atoms with van der Waals surface area (Å²) in [7, 11) is 3.16. The van der Waals surface area contributed by atoms with Crippen LogP contribution in [0, 0.1) is 13.8 Å². The number of rotatable bonds is 8. The average molecular weight is 502 g/mol. The predicted octanol–water partition coefficient (Wildman–Crippen LogP) is 5.32. The number of piperidine rings is 1. The molecular formula is C31H35NO5. The molecule has 1 heterocycles. The number of carbonyl (C=O) groups is 2. The number of carbonyl (C=O) groups excluding carboxylic acids is 2. The van der Waals surface area contributed by atoms with Crippen LogP contribution < -0.4 is 9.47 Å². The molecule has 0 N–H and O–H groups in total. The van der Waals surface area contributed by atoms with Gasteiger partial charge in [0.2, 0.25) is 0 Å². The molecule has 1 aliphatic heterocycles. The lowest BCUT2D eigenvalue weighted by atomic mass is 9.92. The molecule has 0 bridgehead atoms. The Balaban J connectivity index is 1.48. The highest BCUT2D eigenvalue weighted by molar-refractivity contribution is 5.95. The highest BCUT2D eigenvalue weighted by atomic mass is 16.5. The van der Waals surface area contributed by atoms with E-state index < -0.39 is 0 Å². The smallest absolute Gasteiger partial charge is 0.310 e. The summed E-state index contributed by atoms with van der Waals surface area (Å²) in [6.07, 6.45) is 1.78. The molecule has 37 heavy (non-hydrogen) atoms. The Morgan fingerprint density at radius 1 is 0.865 bits per heavy atom. The standard InChI is InChI=1S/C31H35NO5/c1-21-12-22(2)14-25(13-21)31(34)32-11-10-27(19-26(32)15-23-8-6-5-7-9-23)37-30(33)18-24-16-28(35-3)20-29(17-24)36-4/h5-9,12-14,16-17,20,26-27H,10-11,15,18-19H2,1-4H3/t26-,27+/m1/s1. The molecule has 0 spiro atoms. The number of methoxy groups -OCH3 is 2. The van der Waals surface area contributed by atoms with Crippen LogP contribution in [0.25, 0.3) is 0 Å². The SMILES string of the molecule is COc1cc(CC(=O)O[C@H]2CCN(C(=O)c3cc(C)cc(C)c3)[C@H](Cc3ccccc3)C2)cc(OC)c1. The fourth-order valence-corrected chi connectivity index (χ4v) is 5.09. The Labute approximate surface area is 219 Å². The van der Waals surface area contributed by atoms with Crippen molar-refractivity contribution in [3.63, 3.8) is 0 Å². The van der Waals surface area contributed by atoms with Gasteiger partial charge in [0.05, 0.1) is 20.6 Å². The van der Waals surface area contributed by atoms with Gasteiger partial charge < -0.3 is 19.1 Å². The maximum absolute atomic E-state index is 13.6. The van der Waals surface area contributed by atoms with Crippen LogP contribution in [0.3, 0.4) is 0 Å². The zero-order chi connectivity index (χ0) is 26.4. The Morgan fingerprint density at radius 3 is 2.14 bits per heavy atom. The van der Waals surface area contributed by atoms with Crippen LogP contribution >= 0.6 is 0 Å². The Morgan fingerprint density at radius 2 is 1.51 bits per heavy atom. The highest BCUT2D eigenvalue weighted by Gasteiger charge is 2.34. The first-order chi connectivity index (χ1) is 17.8. The Kier molecular flexibility index (Phi) is 8.49. The van der Waals surface area contributed by atoms with Gasteiger partial charge in [0.1, 0.15) is 17.6 Å². The van der Waals surface area contributed by atoms with Gasteiger partial charge in [-0.3, -0.25) is 9.59 Å². The molecule has 6 heteroatoms. The molecule has 4 rings (SSSR count). The van der Waals surface area contributed by atoms with Crippen molar-refractivity contribution in [1.82, 2.24) is 4.90 Å². The molecule has 1 amide bonds. The molecule has 0 aliphatic carbocycles. The number of amides is 1. The van der Waals surface area contributed by atoms with Crippen LogP contribution in [0.1, 0.15) is 45.5 Å².